The summed E-state index contributed by atoms with van der Waals surface area (Å²) in [6.07, 6.45) is 6.10. The smallest absolute Gasteiger partial charge is 0.124 e. The third-order valence-corrected chi connectivity index (χ3v) is 5.35. The van der Waals surface area contributed by atoms with Crippen molar-refractivity contribution in [2.24, 2.45) is 11.3 Å². The SMILES string of the molecule is CCC(C)(C)C1CCC(Nc2ccc(F)cc2Cl)CC1. The number of nitrogens with one attached hydrogen (secondary N) is 1. The summed E-state index contributed by atoms with van der Waals surface area (Å²) < 4.78 is 13.0. The molecular formula is C17H25ClFN. The van der Waals surface area contributed by atoms with Gasteiger partial charge in [-0.15, -0.1) is 0 Å². The van der Waals surface area contributed by atoms with Crippen molar-refractivity contribution in [1.82, 2.24) is 0 Å². The maximum absolute atomic E-state index is 13.0. The topological polar surface area (TPSA) is 12.0 Å². The van der Waals surface area contributed by atoms with E-state index in [2.05, 4.69) is 26.1 Å². The number of halogens is 2. The molecule has 0 heterocycles. The minimum atomic E-state index is -0.283. The van der Waals surface area contributed by atoms with Gasteiger partial charge in [0.2, 0.25) is 0 Å². The van der Waals surface area contributed by atoms with Crippen LogP contribution in [0.5, 0.6) is 0 Å². The fraction of sp³-hybridized carbons (Fsp3) is 0.647. The predicted octanol–water partition coefficient (Wildman–Crippen LogP) is 5.89. The molecule has 0 aromatic heterocycles. The van der Waals surface area contributed by atoms with Crippen LogP contribution in [-0.2, 0) is 0 Å². The molecule has 112 valence electrons. The molecule has 3 heteroatoms. The van der Waals surface area contributed by atoms with Gasteiger partial charge in [0, 0.05) is 6.04 Å². The van der Waals surface area contributed by atoms with Gasteiger partial charge >= 0.3 is 0 Å². The summed E-state index contributed by atoms with van der Waals surface area (Å²) in [7, 11) is 0. The Balaban J connectivity index is 1.91. The van der Waals surface area contributed by atoms with Crippen molar-refractivity contribution in [3.05, 3.63) is 29.0 Å². The third-order valence-electron chi connectivity index (χ3n) is 5.03. The van der Waals surface area contributed by atoms with Crippen molar-refractivity contribution in [2.75, 3.05) is 5.32 Å². The van der Waals surface area contributed by atoms with Crippen molar-refractivity contribution in [2.45, 2.75) is 58.9 Å². The molecule has 0 radical (unpaired) electrons. The van der Waals surface area contributed by atoms with Gasteiger partial charge in [0.15, 0.2) is 0 Å². The van der Waals surface area contributed by atoms with E-state index in [1.807, 2.05) is 0 Å². The summed E-state index contributed by atoms with van der Waals surface area (Å²) in [5, 5.41) is 3.94. The van der Waals surface area contributed by atoms with Gasteiger partial charge in [0.1, 0.15) is 5.82 Å². The van der Waals surface area contributed by atoms with E-state index < -0.39 is 0 Å². The van der Waals surface area contributed by atoms with Gasteiger partial charge in [-0.25, -0.2) is 4.39 Å². The van der Waals surface area contributed by atoms with Crippen LogP contribution in [0.15, 0.2) is 18.2 Å². The predicted molar refractivity (Wildman–Crippen MR) is 84.9 cm³/mol. The first-order chi connectivity index (χ1) is 9.42. The zero-order valence-corrected chi connectivity index (χ0v) is 13.4. The number of rotatable bonds is 4. The van der Waals surface area contributed by atoms with Crippen molar-refractivity contribution in [1.29, 1.82) is 0 Å². The van der Waals surface area contributed by atoms with E-state index in [1.54, 1.807) is 6.07 Å². The minimum absolute atomic E-state index is 0.283. The Labute approximate surface area is 126 Å². The van der Waals surface area contributed by atoms with Crippen LogP contribution in [0.4, 0.5) is 10.1 Å². The van der Waals surface area contributed by atoms with E-state index in [0.717, 1.165) is 11.6 Å². The third kappa shape index (κ3) is 3.66. The lowest BCUT2D eigenvalue weighted by Crippen LogP contribution is -2.32. The van der Waals surface area contributed by atoms with Crippen molar-refractivity contribution >= 4 is 17.3 Å². The van der Waals surface area contributed by atoms with Gasteiger partial charge in [0.25, 0.3) is 0 Å². The Bertz CT molecular complexity index is 450. The maximum atomic E-state index is 13.0. The first-order valence-electron chi connectivity index (χ1n) is 7.64. The van der Waals surface area contributed by atoms with Crippen LogP contribution >= 0.6 is 11.6 Å². The first kappa shape index (κ1) is 15.6. The van der Waals surface area contributed by atoms with Gasteiger partial charge < -0.3 is 5.32 Å². The second kappa shape index (κ2) is 6.34. The van der Waals surface area contributed by atoms with E-state index in [4.69, 9.17) is 11.6 Å². The van der Waals surface area contributed by atoms with Crippen LogP contribution in [0.25, 0.3) is 0 Å². The van der Waals surface area contributed by atoms with E-state index in [1.165, 1.54) is 44.2 Å². The number of benzene rings is 1. The van der Waals surface area contributed by atoms with Gasteiger partial charge in [0.05, 0.1) is 10.7 Å². The average molecular weight is 298 g/mol. The number of anilines is 1. The van der Waals surface area contributed by atoms with Gasteiger partial charge in [-0.3, -0.25) is 0 Å². The standard InChI is InChI=1S/C17H25ClFN/c1-4-17(2,3)12-5-8-14(9-6-12)20-16-10-7-13(19)11-15(16)18/h7,10-12,14,20H,4-6,8-9H2,1-3H3. The highest BCUT2D eigenvalue weighted by molar-refractivity contribution is 6.33. The summed E-state index contributed by atoms with van der Waals surface area (Å²) >= 11 is 6.07. The molecule has 1 aliphatic rings. The molecule has 0 unspecified atom stereocenters. The van der Waals surface area contributed by atoms with Crippen LogP contribution < -0.4 is 5.32 Å². The fourth-order valence-electron chi connectivity index (χ4n) is 3.13. The molecule has 1 N–H and O–H groups in total. The Morgan fingerprint density at radius 1 is 1.25 bits per heavy atom. The largest absolute Gasteiger partial charge is 0.381 e. The molecule has 2 rings (SSSR count). The number of hydrogen-bond donors (Lipinski definition) is 1. The zero-order valence-electron chi connectivity index (χ0n) is 12.7. The van der Waals surface area contributed by atoms with E-state index in [9.17, 15) is 4.39 Å². The lowest BCUT2D eigenvalue weighted by Gasteiger charge is -2.39. The Hall–Kier alpha value is -0.760. The summed E-state index contributed by atoms with van der Waals surface area (Å²) in [6.45, 7) is 7.03. The molecule has 1 aromatic rings. The summed E-state index contributed by atoms with van der Waals surface area (Å²) in [6, 6.07) is 5.03. The molecular weight excluding hydrogens is 273 g/mol. The molecule has 0 saturated heterocycles. The van der Waals surface area contributed by atoms with E-state index >= 15 is 0 Å². The summed E-state index contributed by atoms with van der Waals surface area (Å²) in [4.78, 5) is 0. The second-order valence-corrected chi connectivity index (χ2v) is 7.07. The summed E-state index contributed by atoms with van der Waals surface area (Å²) in [5.41, 5.74) is 1.30. The first-order valence-corrected chi connectivity index (χ1v) is 8.01. The maximum Gasteiger partial charge on any atom is 0.124 e. The highest BCUT2D eigenvalue weighted by Crippen LogP contribution is 2.41. The molecule has 0 aliphatic heterocycles. The fourth-order valence-corrected chi connectivity index (χ4v) is 3.36. The number of hydrogen-bond acceptors (Lipinski definition) is 1. The molecule has 0 atom stereocenters. The summed E-state index contributed by atoms with van der Waals surface area (Å²) in [5.74, 6) is 0.531. The highest BCUT2D eigenvalue weighted by atomic mass is 35.5. The highest BCUT2D eigenvalue weighted by Gasteiger charge is 2.31. The Morgan fingerprint density at radius 2 is 1.90 bits per heavy atom. The molecule has 1 aliphatic carbocycles. The molecule has 1 saturated carbocycles. The quantitative estimate of drug-likeness (QED) is 0.731. The lowest BCUT2D eigenvalue weighted by atomic mass is 9.69. The molecule has 0 bridgehead atoms. The van der Waals surface area contributed by atoms with E-state index in [0.29, 0.717) is 16.5 Å². The van der Waals surface area contributed by atoms with Crippen LogP contribution in [0, 0.1) is 17.2 Å². The van der Waals surface area contributed by atoms with Crippen LogP contribution in [0.1, 0.15) is 52.9 Å². The zero-order chi connectivity index (χ0) is 14.8. The Kier molecular flexibility index (Phi) is 4.95. The van der Waals surface area contributed by atoms with Crippen molar-refractivity contribution in [3.63, 3.8) is 0 Å². The molecule has 0 amide bonds. The van der Waals surface area contributed by atoms with E-state index in [-0.39, 0.29) is 5.82 Å². The normalized spacial score (nSPS) is 23.6. The van der Waals surface area contributed by atoms with Crippen LogP contribution in [-0.4, -0.2) is 6.04 Å². The van der Waals surface area contributed by atoms with Gasteiger partial charge in [-0.1, -0.05) is 38.8 Å². The van der Waals surface area contributed by atoms with Crippen LogP contribution in [0.3, 0.4) is 0 Å². The lowest BCUT2D eigenvalue weighted by molar-refractivity contribution is 0.147. The molecule has 1 nitrogen and oxygen atoms in total. The Morgan fingerprint density at radius 3 is 2.45 bits per heavy atom. The average Bonchev–Trinajstić information content (AvgIpc) is 2.42. The van der Waals surface area contributed by atoms with Gasteiger partial charge in [-0.05, 0) is 55.2 Å². The molecule has 1 aromatic carbocycles. The van der Waals surface area contributed by atoms with Gasteiger partial charge in [-0.2, -0.15) is 0 Å². The molecule has 0 spiro atoms. The molecule has 1 fully saturated rings. The monoisotopic (exact) mass is 297 g/mol. The molecule has 20 heavy (non-hydrogen) atoms. The van der Waals surface area contributed by atoms with Crippen LogP contribution in [0.2, 0.25) is 5.02 Å². The van der Waals surface area contributed by atoms with Crippen molar-refractivity contribution < 1.29 is 4.39 Å². The minimum Gasteiger partial charge on any atom is -0.381 e. The second-order valence-electron chi connectivity index (χ2n) is 6.66. The van der Waals surface area contributed by atoms with Crippen molar-refractivity contribution in [3.8, 4) is 0 Å².